The second-order valence-corrected chi connectivity index (χ2v) is 7.33. The van der Waals surface area contributed by atoms with Crippen LogP contribution in [0.3, 0.4) is 0 Å². The second kappa shape index (κ2) is 10.9. The average molecular weight is 375 g/mol. The Labute approximate surface area is 163 Å². The van der Waals surface area contributed by atoms with Crippen LogP contribution >= 0.6 is 0 Å². The van der Waals surface area contributed by atoms with Crippen LogP contribution in [0.4, 0.5) is 0 Å². The molecule has 1 N–H and O–H groups in total. The smallest absolute Gasteiger partial charge is 0.253 e. The normalized spacial score (nSPS) is 14.1. The molecule has 0 spiro atoms. The van der Waals surface area contributed by atoms with Crippen LogP contribution < -0.4 is 5.32 Å². The van der Waals surface area contributed by atoms with Gasteiger partial charge in [0.05, 0.1) is 6.61 Å². The maximum atomic E-state index is 12.1. The quantitative estimate of drug-likeness (QED) is 0.388. The summed E-state index contributed by atoms with van der Waals surface area (Å²) in [4.78, 5) is 20.5. The molecule has 2 rings (SSSR count). The Hall–Kier alpha value is -2.08. The summed E-state index contributed by atoms with van der Waals surface area (Å²) in [5.74, 6) is 1.72. The van der Waals surface area contributed by atoms with Crippen LogP contribution in [0, 0.1) is 5.92 Å². The maximum absolute atomic E-state index is 12.1. The van der Waals surface area contributed by atoms with E-state index in [2.05, 4.69) is 17.1 Å². The topological polar surface area (TPSA) is 57.2 Å². The summed E-state index contributed by atoms with van der Waals surface area (Å²) in [5.41, 5.74) is 1.84. The van der Waals surface area contributed by atoms with Gasteiger partial charge in [0.25, 0.3) is 5.91 Å². The van der Waals surface area contributed by atoms with Gasteiger partial charge in [0.15, 0.2) is 5.96 Å². The van der Waals surface area contributed by atoms with Crippen molar-refractivity contribution >= 4 is 11.9 Å². The van der Waals surface area contributed by atoms with E-state index in [-0.39, 0.29) is 5.91 Å². The Kier molecular flexibility index (Phi) is 8.58. The van der Waals surface area contributed by atoms with Crippen molar-refractivity contribution in [2.24, 2.45) is 10.9 Å². The number of ether oxygens (including phenoxy) is 1. The fourth-order valence-electron chi connectivity index (χ4n) is 2.72. The van der Waals surface area contributed by atoms with Crippen LogP contribution in [0.1, 0.15) is 35.7 Å². The van der Waals surface area contributed by atoms with Gasteiger partial charge >= 0.3 is 0 Å². The molecule has 0 atom stereocenters. The highest BCUT2D eigenvalue weighted by atomic mass is 16.5. The first-order valence-corrected chi connectivity index (χ1v) is 9.89. The van der Waals surface area contributed by atoms with E-state index in [1.54, 1.807) is 19.0 Å². The fourth-order valence-corrected chi connectivity index (χ4v) is 2.72. The molecule has 150 valence electrons. The van der Waals surface area contributed by atoms with Gasteiger partial charge in [0.1, 0.15) is 0 Å². The van der Waals surface area contributed by atoms with E-state index in [4.69, 9.17) is 9.73 Å². The third kappa shape index (κ3) is 7.59. The molecular formula is C21H34N4O2. The molecule has 27 heavy (non-hydrogen) atoms. The average Bonchev–Trinajstić information content (AvgIpc) is 3.48. The molecule has 1 aromatic rings. The molecule has 1 aliphatic rings. The highest BCUT2D eigenvalue weighted by Gasteiger charge is 2.21. The minimum atomic E-state index is 0.0274. The number of rotatable bonds is 10. The molecule has 0 radical (unpaired) electrons. The number of benzene rings is 1. The Bertz CT molecular complexity index is 626. The minimum absolute atomic E-state index is 0.0274. The van der Waals surface area contributed by atoms with Crippen LogP contribution in [-0.2, 0) is 11.2 Å². The molecule has 0 unspecified atom stereocenters. The number of hydrogen-bond donors (Lipinski definition) is 1. The van der Waals surface area contributed by atoms with Crippen LogP contribution in [-0.4, -0.2) is 75.7 Å². The Morgan fingerprint density at radius 2 is 2.07 bits per heavy atom. The van der Waals surface area contributed by atoms with Crippen molar-refractivity contribution < 1.29 is 9.53 Å². The standard InChI is InChI=1S/C21H34N4O2/c1-5-22-21(25(4)13-14-27-16-18-9-10-18)23-12-11-17-7-6-8-19(15-17)20(26)24(2)3/h6-8,15,18H,5,9-14,16H2,1-4H3,(H,22,23). The number of carbonyl (C=O) groups is 1. The SMILES string of the molecule is CCNC(=NCCc1cccc(C(=O)N(C)C)c1)N(C)CCOCC1CC1. The zero-order valence-electron chi connectivity index (χ0n) is 17.2. The lowest BCUT2D eigenvalue weighted by Crippen LogP contribution is -2.40. The summed E-state index contributed by atoms with van der Waals surface area (Å²) < 4.78 is 5.72. The van der Waals surface area contributed by atoms with Crippen LogP contribution in [0.2, 0.25) is 0 Å². The molecule has 1 aliphatic carbocycles. The number of nitrogens with one attached hydrogen (secondary N) is 1. The predicted octanol–water partition coefficient (Wildman–Crippen LogP) is 2.25. The van der Waals surface area contributed by atoms with E-state index < -0.39 is 0 Å². The van der Waals surface area contributed by atoms with Gasteiger partial charge in [0.2, 0.25) is 0 Å². The van der Waals surface area contributed by atoms with E-state index >= 15 is 0 Å². The van der Waals surface area contributed by atoms with Crippen molar-refractivity contribution in [3.8, 4) is 0 Å². The minimum Gasteiger partial charge on any atom is -0.379 e. The first-order valence-electron chi connectivity index (χ1n) is 9.89. The Balaban J connectivity index is 1.84. The van der Waals surface area contributed by atoms with Gasteiger partial charge in [-0.1, -0.05) is 12.1 Å². The molecule has 1 aromatic carbocycles. The molecule has 0 heterocycles. The Morgan fingerprint density at radius 3 is 2.74 bits per heavy atom. The summed E-state index contributed by atoms with van der Waals surface area (Å²) in [6.07, 6.45) is 3.44. The van der Waals surface area contributed by atoms with Crippen LogP contribution in [0.15, 0.2) is 29.3 Å². The van der Waals surface area contributed by atoms with E-state index in [9.17, 15) is 4.79 Å². The summed E-state index contributed by atoms with van der Waals surface area (Å²) in [6.45, 7) is 6.03. The highest BCUT2D eigenvalue weighted by molar-refractivity contribution is 5.94. The van der Waals surface area contributed by atoms with Crippen molar-refractivity contribution in [2.75, 3.05) is 54.0 Å². The summed E-state index contributed by atoms with van der Waals surface area (Å²) in [6, 6.07) is 7.80. The molecule has 6 nitrogen and oxygen atoms in total. The number of likely N-dealkylation sites (N-methyl/N-ethyl adjacent to an activating group) is 1. The molecule has 0 bridgehead atoms. The van der Waals surface area contributed by atoms with Gasteiger partial charge in [-0.15, -0.1) is 0 Å². The lowest BCUT2D eigenvalue weighted by Gasteiger charge is -2.22. The summed E-state index contributed by atoms with van der Waals surface area (Å²) >= 11 is 0. The monoisotopic (exact) mass is 374 g/mol. The van der Waals surface area contributed by atoms with Gasteiger partial charge in [0, 0.05) is 52.9 Å². The number of guanidine groups is 1. The van der Waals surface area contributed by atoms with Crippen molar-refractivity contribution in [3.63, 3.8) is 0 Å². The van der Waals surface area contributed by atoms with Gasteiger partial charge in [-0.25, -0.2) is 0 Å². The molecular weight excluding hydrogens is 340 g/mol. The number of hydrogen-bond acceptors (Lipinski definition) is 3. The maximum Gasteiger partial charge on any atom is 0.253 e. The van der Waals surface area contributed by atoms with Crippen molar-refractivity contribution in [1.82, 2.24) is 15.1 Å². The molecule has 1 amide bonds. The third-order valence-electron chi connectivity index (χ3n) is 4.56. The van der Waals surface area contributed by atoms with E-state index in [0.717, 1.165) is 55.7 Å². The van der Waals surface area contributed by atoms with Crippen molar-refractivity contribution in [3.05, 3.63) is 35.4 Å². The van der Waals surface area contributed by atoms with Gasteiger partial charge in [-0.2, -0.15) is 0 Å². The van der Waals surface area contributed by atoms with E-state index in [1.807, 2.05) is 31.3 Å². The zero-order valence-corrected chi connectivity index (χ0v) is 17.2. The summed E-state index contributed by atoms with van der Waals surface area (Å²) in [7, 11) is 5.58. The van der Waals surface area contributed by atoms with Gasteiger partial charge in [-0.05, 0) is 49.8 Å². The number of carbonyl (C=O) groups excluding carboxylic acids is 1. The van der Waals surface area contributed by atoms with E-state index in [0.29, 0.717) is 6.54 Å². The van der Waals surface area contributed by atoms with E-state index in [1.165, 1.54) is 12.8 Å². The lowest BCUT2D eigenvalue weighted by atomic mass is 10.1. The van der Waals surface area contributed by atoms with Crippen LogP contribution in [0.25, 0.3) is 0 Å². The lowest BCUT2D eigenvalue weighted by molar-refractivity contribution is 0.0827. The first-order chi connectivity index (χ1) is 13.0. The van der Waals surface area contributed by atoms with Crippen molar-refractivity contribution in [2.45, 2.75) is 26.2 Å². The highest BCUT2D eigenvalue weighted by Crippen LogP contribution is 2.28. The molecule has 1 fully saturated rings. The molecule has 1 saturated carbocycles. The molecule has 0 aromatic heterocycles. The van der Waals surface area contributed by atoms with Gasteiger partial charge < -0.3 is 19.9 Å². The first kappa shape index (κ1) is 21.2. The summed E-state index contributed by atoms with van der Waals surface area (Å²) in [5, 5.41) is 3.33. The predicted molar refractivity (Wildman–Crippen MR) is 110 cm³/mol. The number of aliphatic imine (C=N–C) groups is 1. The number of amides is 1. The number of nitrogens with zero attached hydrogens (tertiary/aromatic N) is 3. The second-order valence-electron chi connectivity index (χ2n) is 7.33. The van der Waals surface area contributed by atoms with Crippen molar-refractivity contribution in [1.29, 1.82) is 0 Å². The third-order valence-corrected chi connectivity index (χ3v) is 4.56. The fraction of sp³-hybridized carbons (Fsp3) is 0.619. The molecule has 0 aliphatic heterocycles. The zero-order chi connectivity index (χ0) is 19.6. The molecule has 0 saturated heterocycles. The Morgan fingerprint density at radius 1 is 1.30 bits per heavy atom. The largest absolute Gasteiger partial charge is 0.379 e. The molecule has 6 heteroatoms. The van der Waals surface area contributed by atoms with Crippen LogP contribution in [0.5, 0.6) is 0 Å². The van der Waals surface area contributed by atoms with Gasteiger partial charge in [-0.3, -0.25) is 9.79 Å².